The molecule has 7 N–H and O–H groups in total. The Morgan fingerprint density at radius 2 is 1.61 bits per heavy atom. The van der Waals surface area contributed by atoms with E-state index in [0.717, 1.165) is 0 Å². The number of hydrogen-bond donors (Lipinski definition) is 7. The molecular weight excluding hydrogens is 314 g/mol. The molecule has 0 radical (unpaired) electrons. The Kier molecular flexibility index (Phi) is 6.30. The van der Waals surface area contributed by atoms with Crippen molar-refractivity contribution in [1.29, 1.82) is 0 Å². The van der Waals surface area contributed by atoms with Crippen LogP contribution in [0, 0.1) is 0 Å². The van der Waals surface area contributed by atoms with E-state index in [1.807, 2.05) is 0 Å². The lowest BCUT2D eigenvalue weighted by Gasteiger charge is -2.46. The van der Waals surface area contributed by atoms with E-state index >= 15 is 0 Å². The molecule has 2 saturated heterocycles. The van der Waals surface area contributed by atoms with Crippen molar-refractivity contribution >= 4 is 0 Å². The molecule has 2 aliphatic rings. The van der Waals surface area contributed by atoms with E-state index in [0.29, 0.717) is 0 Å². The van der Waals surface area contributed by atoms with Crippen LogP contribution in [-0.4, -0.2) is 123 Å². The summed E-state index contributed by atoms with van der Waals surface area (Å²) >= 11 is 0. The summed E-state index contributed by atoms with van der Waals surface area (Å²) in [6.45, 7) is -0.601. The lowest BCUT2D eigenvalue weighted by atomic mass is 9.92. The summed E-state index contributed by atoms with van der Waals surface area (Å²) in [6.07, 6.45) is -10.5. The molecule has 2 heterocycles. The number of hydrogen-bond acceptors (Lipinski definition) is 10. The smallest absolute Gasteiger partial charge is 0.186 e. The molecule has 136 valence electrons. The summed E-state index contributed by atoms with van der Waals surface area (Å²) in [7, 11) is 1.27. The second kappa shape index (κ2) is 7.66. The Balaban J connectivity index is 2.09. The normalized spacial score (nSPS) is 49.3. The zero-order chi connectivity index (χ0) is 17.3. The van der Waals surface area contributed by atoms with E-state index in [-0.39, 0.29) is 13.1 Å². The summed E-state index contributed by atoms with van der Waals surface area (Å²) in [5.41, 5.74) is 0. The van der Waals surface area contributed by atoms with Gasteiger partial charge in [-0.3, -0.25) is 4.90 Å². The molecule has 0 aliphatic carbocycles. The van der Waals surface area contributed by atoms with Crippen molar-refractivity contribution in [3.05, 3.63) is 0 Å². The molecule has 2 rings (SSSR count). The Hall–Kier alpha value is -0.400. The number of rotatable bonds is 4. The van der Waals surface area contributed by atoms with Crippen molar-refractivity contribution in [3.8, 4) is 0 Å². The fourth-order valence-corrected chi connectivity index (χ4v) is 3.08. The van der Waals surface area contributed by atoms with Crippen LogP contribution in [-0.2, 0) is 9.47 Å². The minimum Gasteiger partial charge on any atom is -0.395 e. The maximum Gasteiger partial charge on any atom is 0.186 e. The highest BCUT2D eigenvalue weighted by molar-refractivity contribution is 4.97. The molecule has 0 spiro atoms. The minimum absolute atomic E-state index is 0.0587. The van der Waals surface area contributed by atoms with Crippen molar-refractivity contribution in [1.82, 2.24) is 4.90 Å². The van der Waals surface area contributed by atoms with E-state index in [4.69, 9.17) is 9.47 Å². The number of methoxy groups -OCH3 is 1. The number of aliphatic hydroxyl groups excluding tert-OH is 7. The summed E-state index contributed by atoms with van der Waals surface area (Å²) in [5.74, 6) is 0. The Bertz CT molecular complexity index is 384. The van der Waals surface area contributed by atoms with Gasteiger partial charge in [0.15, 0.2) is 6.29 Å². The van der Waals surface area contributed by atoms with E-state index in [1.165, 1.54) is 12.0 Å². The number of aliphatic hydroxyl groups is 7. The van der Waals surface area contributed by atoms with E-state index in [9.17, 15) is 35.7 Å². The average molecular weight is 339 g/mol. The number of ether oxygens (including phenoxy) is 2. The van der Waals surface area contributed by atoms with Crippen molar-refractivity contribution in [2.75, 3.05) is 26.8 Å². The fourth-order valence-electron chi connectivity index (χ4n) is 3.08. The van der Waals surface area contributed by atoms with Crippen LogP contribution in [0.15, 0.2) is 0 Å². The first-order chi connectivity index (χ1) is 10.8. The van der Waals surface area contributed by atoms with Gasteiger partial charge in [0.1, 0.15) is 36.6 Å². The van der Waals surface area contributed by atoms with E-state index < -0.39 is 61.7 Å². The Labute approximate surface area is 133 Å². The van der Waals surface area contributed by atoms with Crippen LogP contribution >= 0.6 is 0 Å². The largest absolute Gasteiger partial charge is 0.395 e. The molecule has 10 heteroatoms. The predicted molar refractivity (Wildman–Crippen MR) is 74.2 cm³/mol. The van der Waals surface area contributed by atoms with Crippen LogP contribution in [0.3, 0.4) is 0 Å². The summed E-state index contributed by atoms with van der Waals surface area (Å²) in [4.78, 5) is 1.45. The Morgan fingerprint density at radius 3 is 2.17 bits per heavy atom. The molecule has 2 fully saturated rings. The van der Waals surface area contributed by atoms with Gasteiger partial charge in [-0.1, -0.05) is 0 Å². The highest BCUT2D eigenvalue weighted by Gasteiger charge is 2.47. The van der Waals surface area contributed by atoms with Crippen LogP contribution in [0.2, 0.25) is 0 Å². The lowest BCUT2D eigenvalue weighted by molar-refractivity contribution is -0.294. The first-order valence-corrected chi connectivity index (χ1v) is 7.43. The number of β-amino-alcohol motifs (C(OH)–C–C–N with tert-alkyl or cyclic N) is 1. The average Bonchev–Trinajstić information content (AvgIpc) is 2.53. The monoisotopic (exact) mass is 339 g/mol. The number of piperidine rings is 1. The van der Waals surface area contributed by atoms with Gasteiger partial charge in [0.25, 0.3) is 0 Å². The van der Waals surface area contributed by atoms with Crippen LogP contribution < -0.4 is 0 Å². The second-order valence-corrected chi connectivity index (χ2v) is 6.00. The topological polar surface area (TPSA) is 163 Å². The molecule has 2 aliphatic heterocycles. The van der Waals surface area contributed by atoms with Crippen molar-refractivity contribution in [2.24, 2.45) is 0 Å². The molecule has 10 nitrogen and oxygen atoms in total. The van der Waals surface area contributed by atoms with Gasteiger partial charge < -0.3 is 45.2 Å². The predicted octanol–water partition coefficient (Wildman–Crippen LogP) is -4.80. The molecule has 0 saturated carbocycles. The summed E-state index contributed by atoms with van der Waals surface area (Å²) in [6, 6.07) is -0.866. The van der Waals surface area contributed by atoms with Crippen LogP contribution in [0.1, 0.15) is 0 Å². The zero-order valence-electron chi connectivity index (χ0n) is 12.7. The Morgan fingerprint density at radius 1 is 0.957 bits per heavy atom. The first kappa shape index (κ1) is 18.9. The molecule has 0 amide bonds. The molecule has 1 unspecified atom stereocenters. The van der Waals surface area contributed by atoms with E-state index in [2.05, 4.69) is 0 Å². The van der Waals surface area contributed by atoms with Crippen LogP contribution in [0.4, 0.5) is 0 Å². The highest BCUT2D eigenvalue weighted by Crippen LogP contribution is 2.25. The minimum atomic E-state index is -1.49. The standard InChI is InChI=1S/C13H25NO9/c1-22-13-12(21)11(20)10(19)7(23-13)3-14-2-6(16)9(18)8(17)5(14)4-15/h5-13,15-21H,2-4H2,1H3/t5-,6+,7?,8-,9-,10+,11-,12+,13-/m1/s1. The van der Waals surface area contributed by atoms with Crippen molar-refractivity contribution in [2.45, 2.75) is 55.1 Å². The van der Waals surface area contributed by atoms with Gasteiger partial charge >= 0.3 is 0 Å². The van der Waals surface area contributed by atoms with E-state index in [1.54, 1.807) is 0 Å². The first-order valence-electron chi connectivity index (χ1n) is 7.43. The SMILES string of the molecule is CO[C@@H]1OC(CN2C[C@H](O)[C@@H](O)[C@H](O)[C@H]2CO)[C@H](O)[C@@H](O)[C@@H]1O. The van der Waals surface area contributed by atoms with Gasteiger partial charge in [-0.15, -0.1) is 0 Å². The third kappa shape index (κ3) is 3.66. The zero-order valence-corrected chi connectivity index (χ0v) is 12.7. The van der Waals surface area contributed by atoms with Gasteiger partial charge in [0.2, 0.25) is 0 Å². The van der Waals surface area contributed by atoms with Gasteiger partial charge in [0.05, 0.1) is 18.8 Å². The number of likely N-dealkylation sites (tertiary alicyclic amines) is 1. The quantitative estimate of drug-likeness (QED) is 0.264. The van der Waals surface area contributed by atoms with Gasteiger partial charge in [-0.25, -0.2) is 0 Å². The molecule has 0 bridgehead atoms. The fraction of sp³-hybridized carbons (Fsp3) is 1.00. The molecular formula is C13H25NO9. The maximum absolute atomic E-state index is 10.0. The van der Waals surface area contributed by atoms with Crippen molar-refractivity contribution in [3.63, 3.8) is 0 Å². The third-order valence-corrected chi connectivity index (χ3v) is 4.53. The third-order valence-electron chi connectivity index (χ3n) is 4.53. The summed E-state index contributed by atoms with van der Waals surface area (Å²) < 4.78 is 10.3. The molecule has 0 aromatic rings. The summed E-state index contributed by atoms with van der Waals surface area (Å²) in [5, 5.41) is 68.4. The highest BCUT2D eigenvalue weighted by atomic mass is 16.7. The van der Waals surface area contributed by atoms with Gasteiger partial charge in [-0.2, -0.15) is 0 Å². The maximum atomic E-state index is 10.0. The lowest BCUT2D eigenvalue weighted by Crippen LogP contribution is -2.66. The van der Waals surface area contributed by atoms with Gasteiger partial charge in [-0.05, 0) is 0 Å². The van der Waals surface area contributed by atoms with Crippen LogP contribution in [0.5, 0.6) is 0 Å². The molecule has 9 atom stereocenters. The second-order valence-electron chi connectivity index (χ2n) is 6.00. The van der Waals surface area contributed by atoms with Gasteiger partial charge in [0, 0.05) is 20.2 Å². The molecule has 0 aromatic heterocycles. The molecule has 0 aromatic carbocycles. The van der Waals surface area contributed by atoms with Crippen LogP contribution in [0.25, 0.3) is 0 Å². The molecule has 23 heavy (non-hydrogen) atoms. The number of nitrogens with zero attached hydrogens (tertiary/aromatic N) is 1. The van der Waals surface area contributed by atoms with Crippen molar-refractivity contribution < 1.29 is 45.2 Å².